The summed E-state index contributed by atoms with van der Waals surface area (Å²) in [5.41, 5.74) is 0.684. The molecule has 1 aromatic rings. The Morgan fingerprint density at radius 2 is 2.16 bits per heavy atom. The van der Waals surface area contributed by atoms with Gasteiger partial charge in [-0.2, -0.15) is 0 Å². The molecule has 0 spiro atoms. The second kappa shape index (κ2) is 5.80. The van der Waals surface area contributed by atoms with Gasteiger partial charge in [0.2, 0.25) is 0 Å². The molecule has 0 saturated carbocycles. The number of hydrogen-bond donors (Lipinski definition) is 3. The Balaban J connectivity index is 1.96. The van der Waals surface area contributed by atoms with E-state index in [2.05, 4.69) is 29.8 Å². The number of nitrogens with one attached hydrogen (secondary N) is 3. The van der Waals surface area contributed by atoms with Crippen molar-refractivity contribution in [2.75, 3.05) is 18.4 Å². The summed E-state index contributed by atoms with van der Waals surface area (Å²) >= 11 is 6.01. The Morgan fingerprint density at radius 3 is 2.84 bits per heavy atom. The number of urea groups is 1. The third-order valence-electron chi connectivity index (χ3n) is 3.56. The van der Waals surface area contributed by atoms with Crippen molar-refractivity contribution < 1.29 is 4.79 Å². The number of hydrogen-bond acceptors (Lipinski definition) is 2. The predicted octanol–water partition coefficient (Wildman–Crippen LogP) is 2.85. The van der Waals surface area contributed by atoms with E-state index in [1.165, 1.54) is 0 Å². The van der Waals surface area contributed by atoms with Crippen molar-refractivity contribution in [1.29, 1.82) is 0 Å². The van der Waals surface area contributed by atoms with E-state index in [0.717, 1.165) is 19.5 Å². The van der Waals surface area contributed by atoms with E-state index in [1.807, 2.05) is 12.1 Å². The fourth-order valence-electron chi connectivity index (χ4n) is 2.32. The molecule has 3 N–H and O–H groups in total. The monoisotopic (exact) mass is 281 g/mol. The van der Waals surface area contributed by atoms with Gasteiger partial charge in [-0.1, -0.05) is 37.6 Å². The van der Waals surface area contributed by atoms with Crippen LogP contribution in [0.15, 0.2) is 24.3 Å². The number of benzene rings is 1. The summed E-state index contributed by atoms with van der Waals surface area (Å²) in [5, 5.41) is 9.72. The standard InChI is InChI=1S/C14H20ClN3O/c1-14(2)9-16-8-7-12(14)18-13(19)17-11-6-4-3-5-10(11)15/h3-6,12,16H,7-9H2,1-2H3,(H2,17,18,19). The minimum atomic E-state index is -0.201. The minimum Gasteiger partial charge on any atom is -0.334 e. The summed E-state index contributed by atoms with van der Waals surface area (Å²) in [5.74, 6) is 0. The van der Waals surface area contributed by atoms with Gasteiger partial charge in [-0.05, 0) is 30.5 Å². The van der Waals surface area contributed by atoms with E-state index in [-0.39, 0.29) is 17.5 Å². The van der Waals surface area contributed by atoms with Crippen molar-refractivity contribution in [2.24, 2.45) is 5.41 Å². The first-order chi connectivity index (χ1) is 8.99. The van der Waals surface area contributed by atoms with Gasteiger partial charge in [0.05, 0.1) is 10.7 Å². The molecule has 1 saturated heterocycles. The molecule has 2 rings (SSSR count). The van der Waals surface area contributed by atoms with Crippen molar-refractivity contribution in [2.45, 2.75) is 26.3 Å². The predicted molar refractivity (Wildman–Crippen MR) is 78.7 cm³/mol. The maximum atomic E-state index is 12.0. The molecule has 19 heavy (non-hydrogen) atoms. The second-order valence-electron chi connectivity index (χ2n) is 5.58. The summed E-state index contributed by atoms with van der Waals surface area (Å²) in [6.45, 7) is 6.14. The average molecular weight is 282 g/mol. The first-order valence-corrected chi connectivity index (χ1v) is 6.89. The number of piperidine rings is 1. The molecular weight excluding hydrogens is 262 g/mol. The fraction of sp³-hybridized carbons (Fsp3) is 0.500. The molecule has 0 aliphatic carbocycles. The van der Waals surface area contributed by atoms with Gasteiger partial charge < -0.3 is 16.0 Å². The van der Waals surface area contributed by atoms with E-state index >= 15 is 0 Å². The highest BCUT2D eigenvalue weighted by Crippen LogP contribution is 2.25. The van der Waals surface area contributed by atoms with Crippen LogP contribution in [0.5, 0.6) is 0 Å². The van der Waals surface area contributed by atoms with E-state index in [1.54, 1.807) is 12.1 Å². The molecule has 1 aliphatic heterocycles. The smallest absolute Gasteiger partial charge is 0.319 e. The van der Waals surface area contributed by atoms with Gasteiger partial charge in [0, 0.05) is 12.6 Å². The number of anilines is 1. The second-order valence-corrected chi connectivity index (χ2v) is 5.99. The summed E-state index contributed by atoms with van der Waals surface area (Å²) in [6.07, 6.45) is 0.933. The molecule has 0 aromatic heterocycles. The normalized spacial score (nSPS) is 21.7. The molecule has 1 unspecified atom stereocenters. The van der Waals surface area contributed by atoms with Crippen molar-refractivity contribution in [3.8, 4) is 0 Å². The molecule has 0 radical (unpaired) electrons. The number of rotatable bonds is 2. The lowest BCUT2D eigenvalue weighted by Gasteiger charge is -2.39. The van der Waals surface area contributed by atoms with Crippen molar-refractivity contribution in [3.63, 3.8) is 0 Å². The van der Waals surface area contributed by atoms with E-state index in [4.69, 9.17) is 11.6 Å². The van der Waals surface area contributed by atoms with Crippen molar-refractivity contribution in [3.05, 3.63) is 29.3 Å². The lowest BCUT2D eigenvalue weighted by molar-refractivity contribution is 0.184. The van der Waals surface area contributed by atoms with Crippen LogP contribution in [0.1, 0.15) is 20.3 Å². The highest BCUT2D eigenvalue weighted by atomic mass is 35.5. The molecule has 0 bridgehead atoms. The van der Waals surface area contributed by atoms with Crippen LogP contribution in [-0.2, 0) is 0 Å². The highest BCUT2D eigenvalue weighted by Gasteiger charge is 2.33. The number of halogens is 1. The largest absolute Gasteiger partial charge is 0.334 e. The van der Waals surface area contributed by atoms with Crippen molar-refractivity contribution in [1.82, 2.24) is 10.6 Å². The van der Waals surface area contributed by atoms with Crippen LogP contribution < -0.4 is 16.0 Å². The van der Waals surface area contributed by atoms with E-state index in [9.17, 15) is 4.79 Å². The van der Waals surface area contributed by atoms with Gasteiger partial charge in [-0.15, -0.1) is 0 Å². The molecule has 1 atom stereocenters. The van der Waals surface area contributed by atoms with Crippen molar-refractivity contribution >= 4 is 23.3 Å². The number of carbonyl (C=O) groups is 1. The Bertz CT molecular complexity index is 462. The number of carbonyl (C=O) groups excluding carboxylic acids is 1. The van der Waals surface area contributed by atoms with Gasteiger partial charge in [-0.25, -0.2) is 4.79 Å². The van der Waals surface area contributed by atoms with Crippen LogP contribution >= 0.6 is 11.6 Å². The molecule has 2 amide bonds. The third kappa shape index (κ3) is 3.61. The third-order valence-corrected chi connectivity index (χ3v) is 3.89. The number of amides is 2. The van der Waals surface area contributed by atoms with Gasteiger partial charge in [0.15, 0.2) is 0 Å². The maximum absolute atomic E-state index is 12.0. The molecule has 5 heteroatoms. The van der Waals surface area contributed by atoms with Gasteiger partial charge >= 0.3 is 6.03 Å². The summed E-state index contributed by atoms with van der Waals surface area (Å²) in [6, 6.07) is 7.18. The van der Waals surface area contributed by atoms with E-state index < -0.39 is 0 Å². The molecule has 1 aliphatic rings. The van der Waals surface area contributed by atoms with Gasteiger partial charge in [0.25, 0.3) is 0 Å². The van der Waals surface area contributed by atoms with Gasteiger partial charge in [-0.3, -0.25) is 0 Å². The molecule has 1 heterocycles. The van der Waals surface area contributed by atoms with Crippen LogP contribution in [0.4, 0.5) is 10.5 Å². The minimum absolute atomic E-state index is 0.0517. The SMILES string of the molecule is CC1(C)CNCCC1NC(=O)Nc1ccccc1Cl. The first kappa shape index (κ1) is 14.2. The lowest BCUT2D eigenvalue weighted by atomic mass is 9.80. The van der Waals surface area contributed by atoms with Crippen LogP contribution in [0.25, 0.3) is 0 Å². The molecule has 104 valence electrons. The molecule has 1 fully saturated rings. The Kier molecular flexibility index (Phi) is 4.32. The van der Waals surface area contributed by atoms with E-state index in [0.29, 0.717) is 10.7 Å². The summed E-state index contributed by atoms with van der Waals surface area (Å²) < 4.78 is 0. The summed E-state index contributed by atoms with van der Waals surface area (Å²) in [7, 11) is 0. The Morgan fingerprint density at radius 1 is 1.42 bits per heavy atom. The van der Waals surface area contributed by atoms with Crippen LogP contribution in [0.2, 0.25) is 5.02 Å². The molecular formula is C14H20ClN3O. The first-order valence-electron chi connectivity index (χ1n) is 6.52. The average Bonchev–Trinajstić information content (AvgIpc) is 2.35. The number of para-hydroxylation sites is 1. The molecule has 4 nitrogen and oxygen atoms in total. The highest BCUT2D eigenvalue weighted by molar-refractivity contribution is 6.33. The topological polar surface area (TPSA) is 53.2 Å². The summed E-state index contributed by atoms with van der Waals surface area (Å²) in [4.78, 5) is 12.0. The van der Waals surface area contributed by atoms with Gasteiger partial charge in [0.1, 0.15) is 0 Å². The van der Waals surface area contributed by atoms with Crippen LogP contribution in [-0.4, -0.2) is 25.2 Å². The zero-order chi connectivity index (χ0) is 13.9. The zero-order valence-corrected chi connectivity index (χ0v) is 12.1. The lowest BCUT2D eigenvalue weighted by Crippen LogP contribution is -2.55. The quantitative estimate of drug-likeness (QED) is 0.781. The van der Waals surface area contributed by atoms with Crippen LogP contribution in [0.3, 0.4) is 0 Å². The fourth-order valence-corrected chi connectivity index (χ4v) is 2.50. The Labute approximate surface area is 118 Å². The zero-order valence-electron chi connectivity index (χ0n) is 11.3. The maximum Gasteiger partial charge on any atom is 0.319 e. The van der Waals surface area contributed by atoms with Crippen LogP contribution in [0, 0.1) is 5.41 Å². The Hall–Kier alpha value is -1.26. The molecule has 1 aromatic carbocycles.